The van der Waals surface area contributed by atoms with Crippen molar-refractivity contribution in [2.75, 3.05) is 13.1 Å². The lowest BCUT2D eigenvalue weighted by Crippen LogP contribution is -2.34. The summed E-state index contributed by atoms with van der Waals surface area (Å²) < 4.78 is 39.4. The molecular formula is C16H17F3N2. The zero-order chi connectivity index (χ0) is 15.1. The van der Waals surface area contributed by atoms with Crippen molar-refractivity contribution in [1.29, 1.82) is 5.26 Å². The van der Waals surface area contributed by atoms with Gasteiger partial charge >= 0.3 is 6.18 Å². The van der Waals surface area contributed by atoms with Crippen LogP contribution >= 0.6 is 0 Å². The van der Waals surface area contributed by atoms with Gasteiger partial charge in [-0.05, 0) is 61.9 Å². The van der Waals surface area contributed by atoms with Gasteiger partial charge in [-0.1, -0.05) is 6.07 Å². The maximum atomic E-state index is 13.1. The summed E-state index contributed by atoms with van der Waals surface area (Å²) in [6.45, 7) is 2.06. The van der Waals surface area contributed by atoms with Crippen molar-refractivity contribution in [1.82, 2.24) is 4.90 Å². The number of hydrogen-bond acceptors (Lipinski definition) is 2. The molecule has 1 aromatic carbocycles. The van der Waals surface area contributed by atoms with E-state index in [9.17, 15) is 13.2 Å². The summed E-state index contributed by atoms with van der Waals surface area (Å²) in [7, 11) is 0. The molecule has 112 valence electrons. The van der Waals surface area contributed by atoms with Gasteiger partial charge in [0.1, 0.15) is 0 Å². The molecule has 5 heteroatoms. The minimum absolute atomic E-state index is 0.0571. The summed E-state index contributed by atoms with van der Waals surface area (Å²) in [5.41, 5.74) is 0.178. The molecule has 1 aliphatic heterocycles. The molecule has 1 aromatic rings. The van der Waals surface area contributed by atoms with E-state index >= 15 is 0 Å². The van der Waals surface area contributed by atoms with E-state index in [4.69, 9.17) is 5.26 Å². The highest BCUT2D eigenvalue weighted by atomic mass is 19.4. The van der Waals surface area contributed by atoms with Gasteiger partial charge in [0.2, 0.25) is 0 Å². The fraction of sp³-hybridized carbons (Fsp3) is 0.562. The lowest BCUT2D eigenvalue weighted by Gasteiger charge is -2.32. The highest BCUT2D eigenvalue weighted by molar-refractivity contribution is 5.39. The number of halogens is 3. The van der Waals surface area contributed by atoms with Crippen molar-refractivity contribution >= 4 is 0 Å². The first-order valence-electron chi connectivity index (χ1n) is 7.25. The topological polar surface area (TPSA) is 27.0 Å². The van der Waals surface area contributed by atoms with E-state index in [0.717, 1.165) is 32.0 Å². The minimum Gasteiger partial charge on any atom is -0.299 e. The second-order valence-corrected chi connectivity index (χ2v) is 6.26. The van der Waals surface area contributed by atoms with Crippen LogP contribution < -0.4 is 0 Å². The van der Waals surface area contributed by atoms with E-state index in [1.165, 1.54) is 25.0 Å². The maximum Gasteiger partial charge on any atom is 0.416 e. The van der Waals surface area contributed by atoms with Gasteiger partial charge in [-0.15, -0.1) is 0 Å². The van der Waals surface area contributed by atoms with Gasteiger partial charge in [-0.3, -0.25) is 4.90 Å². The Kier molecular flexibility index (Phi) is 3.45. The van der Waals surface area contributed by atoms with Crippen LogP contribution in [0.15, 0.2) is 18.2 Å². The summed E-state index contributed by atoms with van der Waals surface area (Å²) in [4.78, 5) is 2.10. The average molecular weight is 294 g/mol. The molecule has 1 aliphatic carbocycles. The SMILES string of the molecule is N#Cc1ccc(CN2CCC3(CC2)CC3)c(C(F)(F)F)c1. The van der Waals surface area contributed by atoms with E-state index in [2.05, 4.69) is 4.90 Å². The molecule has 2 nitrogen and oxygen atoms in total. The van der Waals surface area contributed by atoms with Crippen molar-refractivity contribution < 1.29 is 13.2 Å². The zero-order valence-corrected chi connectivity index (χ0v) is 11.7. The van der Waals surface area contributed by atoms with E-state index in [1.54, 1.807) is 6.07 Å². The van der Waals surface area contributed by atoms with Gasteiger partial charge in [-0.2, -0.15) is 18.4 Å². The number of benzene rings is 1. The van der Waals surface area contributed by atoms with Crippen LogP contribution in [0.4, 0.5) is 13.2 Å². The molecule has 0 amide bonds. The molecule has 1 saturated heterocycles. The molecule has 0 aromatic heterocycles. The molecule has 0 unspecified atom stereocenters. The molecule has 2 aliphatic rings. The molecule has 1 heterocycles. The first-order chi connectivity index (χ1) is 9.92. The van der Waals surface area contributed by atoms with Crippen molar-refractivity contribution in [2.45, 2.75) is 38.4 Å². The number of alkyl halides is 3. The van der Waals surface area contributed by atoms with E-state index in [1.807, 2.05) is 0 Å². The van der Waals surface area contributed by atoms with Crippen LogP contribution in [0.3, 0.4) is 0 Å². The highest BCUT2D eigenvalue weighted by Gasteiger charge is 2.44. The standard InChI is InChI=1S/C16H17F3N2/c17-16(18,19)14-9-12(10-20)1-2-13(14)11-21-7-5-15(3-4-15)6-8-21/h1-2,9H,3-8,11H2. The Labute approximate surface area is 122 Å². The van der Waals surface area contributed by atoms with Gasteiger partial charge in [0.15, 0.2) is 0 Å². The second kappa shape index (κ2) is 5.03. The average Bonchev–Trinajstić information content (AvgIpc) is 3.20. The molecule has 1 spiro atoms. The first kappa shape index (κ1) is 14.4. The Bertz CT molecular complexity index is 572. The van der Waals surface area contributed by atoms with Crippen molar-refractivity contribution in [3.05, 3.63) is 34.9 Å². The fourth-order valence-electron chi connectivity index (χ4n) is 3.15. The van der Waals surface area contributed by atoms with Crippen LogP contribution in [0.5, 0.6) is 0 Å². The normalized spacial score (nSPS) is 21.2. The first-order valence-corrected chi connectivity index (χ1v) is 7.25. The van der Waals surface area contributed by atoms with E-state index in [-0.39, 0.29) is 11.1 Å². The van der Waals surface area contributed by atoms with Crippen LogP contribution in [0.1, 0.15) is 42.4 Å². The van der Waals surface area contributed by atoms with Crippen LogP contribution in [-0.2, 0) is 12.7 Å². The van der Waals surface area contributed by atoms with Crippen molar-refractivity contribution in [3.63, 3.8) is 0 Å². The number of nitriles is 1. The van der Waals surface area contributed by atoms with Gasteiger partial charge in [0, 0.05) is 6.54 Å². The lowest BCUT2D eigenvalue weighted by atomic mass is 9.93. The number of rotatable bonds is 2. The third-order valence-corrected chi connectivity index (χ3v) is 4.81. The van der Waals surface area contributed by atoms with Crippen LogP contribution in [-0.4, -0.2) is 18.0 Å². The fourth-order valence-corrected chi connectivity index (χ4v) is 3.15. The highest BCUT2D eigenvalue weighted by Crippen LogP contribution is 2.53. The summed E-state index contributed by atoms with van der Waals surface area (Å²) >= 11 is 0. The Morgan fingerprint density at radius 3 is 2.33 bits per heavy atom. The largest absolute Gasteiger partial charge is 0.416 e. The Morgan fingerprint density at radius 2 is 1.81 bits per heavy atom. The quantitative estimate of drug-likeness (QED) is 0.825. The maximum absolute atomic E-state index is 13.1. The van der Waals surface area contributed by atoms with Gasteiger partial charge in [0.05, 0.1) is 17.2 Å². The smallest absolute Gasteiger partial charge is 0.299 e. The predicted octanol–water partition coefficient (Wildman–Crippen LogP) is 3.95. The molecule has 0 bridgehead atoms. The van der Waals surface area contributed by atoms with E-state index in [0.29, 0.717) is 12.0 Å². The number of likely N-dealkylation sites (tertiary alicyclic amines) is 1. The zero-order valence-electron chi connectivity index (χ0n) is 11.7. The molecule has 0 N–H and O–H groups in total. The lowest BCUT2D eigenvalue weighted by molar-refractivity contribution is -0.138. The van der Waals surface area contributed by atoms with Crippen LogP contribution in [0.2, 0.25) is 0 Å². The van der Waals surface area contributed by atoms with Gasteiger partial charge in [0.25, 0.3) is 0 Å². The Hall–Kier alpha value is -1.54. The molecule has 2 fully saturated rings. The molecule has 21 heavy (non-hydrogen) atoms. The third-order valence-electron chi connectivity index (χ3n) is 4.81. The van der Waals surface area contributed by atoms with Crippen molar-refractivity contribution in [3.8, 4) is 6.07 Å². The molecular weight excluding hydrogens is 277 g/mol. The van der Waals surface area contributed by atoms with E-state index < -0.39 is 11.7 Å². The monoisotopic (exact) mass is 294 g/mol. The molecule has 0 atom stereocenters. The number of piperidine rings is 1. The summed E-state index contributed by atoms with van der Waals surface area (Å²) in [6.07, 6.45) is 0.363. The second-order valence-electron chi connectivity index (χ2n) is 6.26. The number of hydrogen-bond donors (Lipinski definition) is 0. The predicted molar refractivity (Wildman–Crippen MR) is 72.3 cm³/mol. The Morgan fingerprint density at radius 1 is 1.14 bits per heavy atom. The van der Waals surface area contributed by atoms with Gasteiger partial charge in [-0.25, -0.2) is 0 Å². The van der Waals surface area contributed by atoms with Gasteiger partial charge < -0.3 is 0 Å². The van der Waals surface area contributed by atoms with Crippen LogP contribution in [0, 0.1) is 16.7 Å². The molecule has 0 radical (unpaired) electrons. The summed E-state index contributed by atoms with van der Waals surface area (Å²) in [5, 5.41) is 8.78. The summed E-state index contributed by atoms with van der Waals surface area (Å²) in [6, 6.07) is 5.65. The Balaban J connectivity index is 1.77. The van der Waals surface area contributed by atoms with Crippen LogP contribution in [0.25, 0.3) is 0 Å². The number of nitrogens with zero attached hydrogens (tertiary/aromatic N) is 2. The molecule has 3 rings (SSSR count). The molecule has 1 saturated carbocycles. The van der Waals surface area contributed by atoms with Crippen molar-refractivity contribution in [2.24, 2.45) is 5.41 Å². The summed E-state index contributed by atoms with van der Waals surface area (Å²) in [5.74, 6) is 0. The minimum atomic E-state index is -4.41. The third kappa shape index (κ3) is 3.06.